The standard InChI is InChI=1S/C90H132N26O25/c1-45(2)34-60(105-72(123)42-101-77(129)56(28-31-73(124)125)104-71(122)41-100-75(127)47(5)91)82(134)113-64(39-70(94)121)85(137)115-65(43-117)86(138)107-57(26-29-68(92)119)80(132)111-62(37-51-20-12-9-13-21-51)83(135)112-63(38-52-40-99-54-23-15-14-22-53(52)54)84(136)114-66(44-118)87(139)110-61(35-46(3)4)81(133)102-48(6)76(128)103-49(7)89(141)116-33-17-25-67(116)88(140)108-58(27-30-69(93)120)79(131)106-55(24-16-32-98-90(96)97)78(130)109-59(74(95)126)36-50-18-10-8-11-19-50/h8-15,18-23,40,45-49,55-67,99,117-118H,16-17,24-39,41-44,91H2,1-7H3,(H2,92,119)(H2,93,120)(H2,94,121)(H2,95,126)(H,100,127)(H,101,129)(H,102,133)(H,103,128)(H,104,122)(H,105,123)(H,106,131)(H,107,138)(H,108,140)(H,109,130)(H,110,139)(H,111,132)(H,112,135)(H,113,134)(H,114,136)(H,115,137)(H,124,125)(H4,96,97,98). The van der Waals surface area contributed by atoms with Crippen LogP contribution >= 0.6 is 0 Å². The van der Waals surface area contributed by atoms with Crippen LogP contribution in [-0.2, 0) is 125 Å². The summed E-state index contributed by atoms with van der Waals surface area (Å²) in [6.07, 6.45) is -3.38. The minimum Gasteiger partial charge on any atom is -0.481 e. The summed E-state index contributed by atoms with van der Waals surface area (Å²) in [5.41, 5.74) is 35.1. The number of carbonyl (C=O) groups is 22. The highest BCUT2D eigenvalue weighted by Crippen LogP contribution is 2.23. The van der Waals surface area contributed by atoms with Crippen LogP contribution in [0.5, 0.6) is 0 Å². The van der Waals surface area contributed by atoms with Crippen LogP contribution in [0.3, 0.4) is 0 Å². The Bertz CT molecular complexity index is 5080. The van der Waals surface area contributed by atoms with E-state index >= 15 is 4.79 Å². The number of amides is 21. The molecule has 1 aromatic heterocycles. The maximum Gasteiger partial charge on any atom is 0.303 e. The zero-order chi connectivity index (χ0) is 105. The minimum atomic E-state index is -2.07. The van der Waals surface area contributed by atoms with Gasteiger partial charge in [-0.1, -0.05) is 107 Å². The van der Waals surface area contributed by atoms with E-state index in [1.165, 1.54) is 27.0 Å². The molecule has 1 aliphatic heterocycles. The van der Waals surface area contributed by atoms with Crippen molar-refractivity contribution in [2.24, 2.45) is 46.2 Å². The Morgan fingerprint density at radius 1 is 0.411 bits per heavy atom. The van der Waals surface area contributed by atoms with Crippen molar-refractivity contribution in [3.05, 3.63) is 108 Å². The summed E-state index contributed by atoms with van der Waals surface area (Å²) >= 11 is 0. The molecule has 1 fully saturated rings. The topological polar surface area (TPSA) is 840 Å². The van der Waals surface area contributed by atoms with Crippen molar-refractivity contribution in [2.75, 3.05) is 39.4 Å². The smallest absolute Gasteiger partial charge is 0.303 e. The van der Waals surface area contributed by atoms with Crippen LogP contribution in [0.15, 0.2) is 91.1 Å². The molecule has 34 N–H and O–H groups in total. The predicted octanol–water partition coefficient (Wildman–Crippen LogP) is -9.31. The van der Waals surface area contributed by atoms with Gasteiger partial charge in [-0.05, 0) is 113 Å². The molecule has 51 heteroatoms. The highest BCUT2D eigenvalue weighted by atomic mass is 16.4. The number of rotatable bonds is 61. The molecule has 0 bridgehead atoms. The highest BCUT2D eigenvalue weighted by molar-refractivity contribution is 6.03. The molecular formula is C90H132N26O25. The Kier molecular flexibility index (Phi) is 48.1. The van der Waals surface area contributed by atoms with Gasteiger partial charge in [-0.3, -0.25) is 111 Å². The van der Waals surface area contributed by atoms with Crippen molar-refractivity contribution in [3.8, 4) is 0 Å². The van der Waals surface area contributed by atoms with E-state index in [-0.39, 0.29) is 89.2 Å². The van der Waals surface area contributed by atoms with Crippen molar-refractivity contribution >= 4 is 147 Å². The van der Waals surface area contributed by atoms with Gasteiger partial charge in [0.25, 0.3) is 0 Å². The highest BCUT2D eigenvalue weighted by Gasteiger charge is 2.42. The zero-order valence-corrected chi connectivity index (χ0v) is 79.3. The minimum absolute atomic E-state index is 0.0139. The Morgan fingerprint density at radius 2 is 0.809 bits per heavy atom. The molecule has 772 valence electrons. The third-order valence-corrected chi connectivity index (χ3v) is 22.1. The SMILES string of the molecule is CC(C)CC(NC(=O)CNC(=O)C(CCC(=O)O)NC(=O)CNC(=O)C(C)N)C(=O)NC(CC(N)=O)C(=O)NC(CO)C(=O)NC(CCC(N)=O)C(=O)NC(Cc1ccccc1)C(=O)NC(Cc1c[nH]c2ccccc12)C(=O)NC(CO)C(=O)NC(CC(C)C)C(=O)NC(C)C(=O)NC(C)C(=O)N1CCCC1C(=O)NC(CCC(N)=O)C(=O)NC(CCCNC(=N)N)C(=O)NC(Cc1ccccc1)C(N)=O. The fourth-order valence-electron chi connectivity index (χ4n) is 14.7. The van der Waals surface area contributed by atoms with E-state index in [9.17, 15) is 116 Å². The number of aliphatic hydroxyl groups is 2. The third-order valence-electron chi connectivity index (χ3n) is 22.1. The molecule has 21 amide bonds. The summed E-state index contributed by atoms with van der Waals surface area (Å²) in [4.78, 5) is 303. The molecule has 1 saturated heterocycles. The monoisotopic (exact) mass is 1980 g/mol. The molecule has 3 aromatic carbocycles. The number of carboxylic acids is 1. The number of hydrogen-bond donors (Lipinski definition) is 28. The normalized spacial score (nSPS) is 15.3. The van der Waals surface area contributed by atoms with E-state index in [0.29, 0.717) is 27.6 Å². The number of aliphatic hydroxyl groups excluding tert-OH is 2. The molecule has 16 atom stereocenters. The zero-order valence-electron chi connectivity index (χ0n) is 79.3. The number of nitrogens with zero attached hydrogens (tertiary/aromatic N) is 1. The molecule has 2 heterocycles. The second kappa shape index (κ2) is 58.4. The Labute approximate surface area is 811 Å². The van der Waals surface area contributed by atoms with E-state index in [2.05, 4.69) is 95.4 Å². The second-order valence-corrected chi connectivity index (χ2v) is 34.8. The quantitative estimate of drug-likeness (QED) is 0.0111. The van der Waals surface area contributed by atoms with E-state index in [0.717, 1.165) is 4.90 Å². The molecular weight excluding hydrogens is 1850 g/mol. The number of carboxylic acid groups (broad SMARTS) is 1. The van der Waals surface area contributed by atoms with E-state index in [1.54, 1.807) is 113 Å². The largest absolute Gasteiger partial charge is 0.481 e. The summed E-state index contributed by atoms with van der Waals surface area (Å²) in [5.74, 6) is -24.0. The van der Waals surface area contributed by atoms with Crippen molar-refractivity contribution in [2.45, 2.75) is 248 Å². The number of H-pyrrole nitrogens is 1. The second-order valence-electron chi connectivity index (χ2n) is 34.8. The number of hydrogen-bond acceptors (Lipinski definition) is 26. The first-order valence-corrected chi connectivity index (χ1v) is 45.7. The number of carbonyl (C=O) groups excluding carboxylic acids is 21. The molecule has 0 radical (unpaired) electrons. The molecule has 4 aromatic rings. The number of aromatic nitrogens is 1. The van der Waals surface area contributed by atoms with Gasteiger partial charge in [0.2, 0.25) is 124 Å². The Morgan fingerprint density at radius 3 is 1.30 bits per heavy atom. The lowest BCUT2D eigenvalue weighted by atomic mass is 10.0. The third kappa shape index (κ3) is 40.7. The number of aliphatic carboxylic acids is 1. The Hall–Kier alpha value is -15.3. The van der Waals surface area contributed by atoms with Crippen molar-refractivity contribution < 1.29 is 121 Å². The van der Waals surface area contributed by atoms with Gasteiger partial charge in [-0.15, -0.1) is 0 Å². The number of guanidine groups is 1. The molecule has 0 spiro atoms. The van der Waals surface area contributed by atoms with Gasteiger partial charge in [-0.2, -0.15) is 0 Å². The van der Waals surface area contributed by atoms with E-state index in [4.69, 9.17) is 39.8 Å². The van der Waals surface area contributed by atoms with Crippen LogP contribution in [0.2, 0.25) is 0 Å². The van der Waals surface area contributed by atoms with Gasteiger partial charge in [0, 0.05) is 68.7 Å². The number of fused-ring (bicyclic) bond motifs is 1. The van der Waals surface area contributed by atoms with E-state index in [1.807, 2.05) is 0 Å². The first-order chi connectivity index (χ1) is 66.6. The van der Waals surface area contributed by atoms with Gasteiger partial charge in [0.15, 0.2) is 5.96 Å². The van der Waals surface area contributed by atoms with Gasteiger partial charge in [0.1, 0.15) is 90.6 Å². The summed E-state index contributed by atoms with van der Waals surface area (Å²) in [6, 6.07) is -1.91. The number of nitrogens with two attached hydrogens (primary N) is 6. The van der Waals surface area contributed by atoms with Gasteiger partial charge >= 0.3 is 5.97 Å². The maximum absolute atomic E-state index is 15.1. The lowest BCUT2D eigenvalue weighted by molar-refractivity contribution is -0.142. The average Bonchev–Trinajstić information content (AvgIpc) is 1.66. The maximum atomic E-state index is 15.1. The summed E-state index contributed by atoms with van der Waals surface area (Å²) in [5, 5.41) is 80.1. The molecule has 16 unspecified atom stereocenters. The number of para-hydroxylation sites is 1. The number of likely N-dealkylation sites (tertiary alicyclic amines) is 1. The molecule has 0 aliphatic carbocycles. The number of aromatic amines is 1. The molecule has 0 saturated carbocycles. The number of nitrogens with one attached hydrogen (secondary N) is 19. The lowest BCUT2D eigenvalue weighted by Gasteiger charge is -2.30. The number of primary amides is 4. The Balaban J connectivity index is 1.31. The van der Waals surface area contributed by atoms with Crippen LogP contribution in [-0.4, -0.2) is 297 Å². The summed E-state index contributed by atoms with van der Waals surface area (Å²) in [7, 11) is 0. The van der Waals surface area contributed by atoms with Crippen molar-refractivity contribution in [3.63, 3.8) is 0 Å². The first-order valence-electron chi connectivity index (χ1n) is 45.7. The summed E-state index contributed by atoms with van der Waals surface area (Å²) in [6.45, 7) is 6.62. The fourth-order valence-corrected chi connectivity index (χ4v) is 14.7. The fraction of sp³-hybridized carbons (Fsp3) is 0.522. The van der Waals surface area contributed by atoms with Gasteiger partial charge in [0.05, 0.1) is 38.8 Å². The van der Waals surface area contributed by atoms with Crippen LogP contribution in [0.4, 0.5) is 0 Å². The molecule has 51 nitrogen and oxygen atoms in total. The van der Waals surface area contributed by atoms with Crippen LogP contribution in [0.1, 0.15) is 149 Å². The molecule has 141 heavy (non-hydrogen) atoms. The summed E-state index contributed by atoms with van der Waals surface area (Å²) < 4.78 is 0. The lowest BCUT2D eigenvalue weighted by Crippen LogP contribution is -2.62. The van der Waals surface area contributed by atoms with Gasteiger partial charge < -0.3 is 150 Å². The van der Waals surface area contributed by atoms with Crippen LogP contribution in [0, 0.1) is 17.2 Å². The van der Waals surface area contributed by atoms with Crippen LogP contribution < -0.4 is 125 Å². The number of benzene rings is 3. The average molecular weight is 1980 g/mol. The van der Waals surface area contributed by atoms with Crippen molar-refractivity contribution in [1.29, 1.82) is 5.41 Å². The predicted molar refractivity (Wildman–Crippen MR) is 504 cm³/mol. The van der Waals surface area contributed by atoms with Crippen LogP contribution in [0.25, 0.3) is 10.9 Å². The molecule has 1 aliphatic rings. The molecule has 5 rings (SSSR count). The first kappa shape index (κ1) is 116. The van der Waals surface area contributed by atoms with Crippen molar-refractivity contribution in [1.82, 2.24) is 100 Å². The van der Waals surface area contributed by atoms with Gasteiger partial charge in [-0.25, -0.2) is 0 Å². The van der Waals surface area contributed by atoms with E-state index < -0.39 is 297 Å².